The van der Waals surface area contributed by atoms with Gasteiger partial charge in [-0.2, -0.15) is 4.31 Å². The van der Waals surface area contributed by atoms with Crippen molar-refractivity contribution < 1.29 is 17.9 Å². The first-order valence-corrected chi connectivity index (χ1v) is 10.2. The summed E-state index contributed by atoms with van der Waals surface area (Å²) in [5.41, 5.74) is 0.825. The van der Waals surface area contributed by atoms with Crippen LogP contribution < -0.4 is 0 Å². The van der Waals surface area contributed by atoms with Crippen LogP contribution in [0.2, 0.25) is 0 Å². The molecule has 0 aliphatic carbocycles. The van der Waals surface area contributed by atoms with Crippen LogP contribution in [0, 0.1) is 0 Å². The topological polar surface area (TPSA) is 79.8 Å². The first-order chi connectivity index (χ1) is 13.0. The summed E-state index contributed by atoms with van der Waals surface area (Å²) in [7, 11) is -2.18. The van der Waals surface area contributed by atoms with E-state index in [0.29, 0.717) is 24.4 Å². The van der Waals surface area contributed by atoms with Crippen LogP contribution in [0.1, 0.15) is 17.5 Å². The van der Waals surface area contributed by atoms with Crippen LogP contribution in [-0.2, 0) is 31.6 Å². The highest BCUT2D eigenvalue weighted by Gasteiger charge is 2.57. The molecule has 2 aromatic rings. The highest BCUT2D eigenvalue weighted by atomic mass is 32.2. The minimum absolute atomic E-state index is 0.00686. The minimum atomic E-state index is -3.66. The predicted molar refractivity (Wildman–Crippen MR) is 98.2 cm³/mol. The van der Waals surface area contributed by atoms with Gasteiger partial charge in [-0.25, -0.2) is 8.42 Å². The normalized spacial score (nSPS) is 23.7. The lowest BCUT2D eigenvalue weighted by atomic mass is 9.88. The molecule has 1 atom stereocenters. The fraction of sp³-hybridized carbons (Fsp3) is 0.368. The Kier molecular flexibility index (Phi) is 4.49. The van der Waals surface area contributed by atoms with Crippen LogP contribution in [-0.4, -0.2) is 55.3 Å². The number of hydrogen-bond donors (Lipinski definition) is 0. The maximum Gasteiger partial charge on any atom is 0.248 e. The van der Waals surface area contributed by atoms with Crippen molar-refractivity contribution >= 4 is 15.9 Å². The first kappa shape index (κ1) is 18.1. The fourth-order valence-electron chi connectivity index (χ4n) is 4.10. The maximum absolute atomic E-state index is 13.3. The summed E-state index contributed by atoms with van der Waals surface area (Å²) < 4.78 is 33.2. The molecule has 7 nitrogen and oxygen atoms in total. The van der Waals surface area contributed by atoms with E-state index in [1.807, 2.05) is 18.2 Å². The molecule has 4 rings (SSSR count). The van der Waals surface area contributed by atoms with Gasteiger partial charge < -0.3 is 9.64 Å². The summed E-state index contributed by atoms with van der Waals surface area (Å²) >= 11 is 0. The molecule has 0 bridgehead atoms. The van der Waals surface area contributed by atoms with Crippen LogP contribution >= 0.6 is 0 Å². The van der Waals surface area contributed by atoms with Gasteiger partial charge in [-0.05, 0) is 29.7 Å². The van der Waals surface area contributed by atoms with Crippen molar-refractivity contribution in [3.63, 3.8) is 0 Å². The van der Waals surface area contributed by atoms with Crippen molar-refractivity contribution in [3.8, 4) is 0 Å². The van der Waals surface area contributed by atoms with Gasteiger partial charge in [0.1, 0.15) is 6.61 Å². The lowest BCUT2D eigenvalue weighted by Gasteiger charge is -2.34. The number of aromatic nitrogens is 1. The van der Waals surface area contributed by atoms with Gasteiger partial charge in [0.05, 0.1) is 10.4 Å². The largest absolute Gasteiger partial charge is 0.375 e. The zero-order chi connectivity index (χ0) is 19.1. The van der Waals surface area contributed by atoms with E-state index in [9.17, 15) is 13.2 Å². The van der Waals surface area contributed by atoms with Crippen LogP contribution in [0.4, 0.5) is 0 Å². The third-order valence-electron chi connectivity index (χ3n) is 5.35. The quantitative estimate of drug-likeness (QED) is 0.791. The molecule has 2 aliphatic heterocycles. The molecule has 0 radical (unpaired) electrons. The maximum atomic E-state index is 13.3. The number of sulfonamides is 1. The third kappa shape index (κ3) is 2.84. The van der Waals surface area contributed by atoms with Gasteiger partial charge in [0.2, 0.25) is 15.9 Å². The van der Waals surface area contributed by atoms with Crippen LogP contribution in [0.15, 0.2) is 53.7 Å². The van der Waals surface area contributed by atoms with Gasteiger partial charge in [-0.3, -0.25) is 9.78 Å². The molecule has 0 saturated carbocycles. The SMILES string of the molecule is COCC(=O)N1CC[C@]2(C1)c1ccccc1S(=O)(=O)N2Cc1cccnc1. The number of ether oxygens (including phenoxy) is 1. The molecule has 2 aliphatic rings. The number of benzene rings is 1. The summed E-state index contributed by atoms with van der Waals surface area (Å²) in [5, 5.41) is 0. The number of likely N-dealkylation sites (tertiary alicyclic amines) is 1. The van der Waals surface area contributed by atoms with E-state index >= 15 is 0 Å². The molecule has 1 fully saturated rings. The predicted octanol–water partition coefficient (Wildman–Crippen LogP) is 1.36. The molecule has 1 aromatic heterocycles. The van der Waals surface area contributed by atoms with Gasteiger partial charge in [-0.1, -0.05) is 24.3 Å². The number of nitrogens with zero attached hydrogens (tertiary/aromatic N) is 3. The smallest absolute Gasteiger partial charge is 0.248 e. The monoisotopic (exact) mass is 387 g/mol. The van der Waals surface area contributed by atoms with Crippen molar-refractivity contribution in [1.29, 1.82) is 0 Å². The highest BCUT2D eigenvalue weighted by molar-refractivity contribution is 7.89. The molecule has 0 unspecified atom stereocenters. The standard InChI is InChI=1S/C19H21N3O4S/c1-26-13-18(23)21-10-8-19(14-21)16-6-2-3-7-17(16)27(24,25)22(19)12-15-5-4-9-20-11-15/h2-7,9,11H,8,10,12-14H2,1H3/t19-/m0/s1. The zero-order valence-electron chi connectivity index (χ0n) is 15.0. The van der Waals surface area contributed by atoms with Crippen molar-refractivity contribution in [3.05, 3.63) is 59.9 Å². The van der Waals surface area contributed by atoms with E-state index in [2.05, 4.69) is 4.98 Å². The number of amides is 1. The van der Waals surface area contributed by atoms with Gasteiger partial charge in [0.25, 0.3) is 0 Å². The van der Waals surface area contributed by atoms with Crippen molar-refractivity contribution in [2.24, 2.45) is 0 Å². The Morgan fingerprint density at radius 1 is 1.26 bits per heavy atom. The molecular weight excluding hydrogens is 366 g/mol. The Morgan fingerprint density at radius 2 is 2.07 bits per heavy atom. The Morgan fingerprint density at radius 3 is 2.81 bits per heavy atom. The summed E-state index contributed by atoms with van der Waals surface area (Å²) in [5.74, 6) is -0.127. The Hall–Kier alpha value is -2.29. The second kappa shape index (κ2) is 6.70. The van der Waals surface area contributed by atoms with E-state index in [-0.39, 0.29) is 19.1 Å². The van der Waals surface area contributed by atoms with Gasteiger partial charge in [0, 0.05) is 39.1 Å². The van der Waals surface area contributed by atoms with Gasteiger partial charge in [-0.15, -0.1) is 0 Å². The molecule has 142 valence electrons. The number of carbonyl (C=O) groups is 1. The number of carbonyl (C=O) groups excluding carboxylic acids is 1. The van der Waals surface area contributed by atoms with E-state index in [1.165, 1.54) is 7.11 Å². The number of methoxy groups -OCH3 is 1. The third-order valence-corrected chi connectivity index (χ3v) is 7.32. The minimum Gasteiger partial charge on any atom is -0.375 e. The average molecular weight is 387 g/mol. The number of fused-ring (bicyclic) bond motifs is 2. The van der Waals surface area contributed by atoms with Crippen molar-refractivity contribution in [2.75, 3.05) is 26.8 Å². The molecule has 1 amide bonds. The van der Waals surface area contributed by atoms with E-state index in [0.717, 1.165) is 11.1 Å². The van der Waals surface area contributed by atoms with Crippen LogP contribution in [0.25, 0.3) is 0 Å². The summed E-state index contributed by atoms with van der Waals surface area (Å²) in [6, 6.07) is 10.8. The second-order valence-corrected chi connectivity index (χ2v) is 8.73. The average Bonchev–Trinajstić information content (AvgIpc) is 3.19. The van der Waals surface area contributed by atoms with Crippen molar-refractivity contribution in [1.82, 2.24) is 14.2 Å². The van der Waals surface area contributed by atoms with Gasteiger partial charge >= 0.3 is 0 Å². The van der Waals surface area contributed by atoms with E-state index < -0.39 is 15.6 Å². The molecular formula is C19H21N3O4S. The molecule has 1 spiro atoms. The zero-order valence-corrected chi connectivity index (χ0v) is 15.9. The summed E-state index contributed by atoms with van der Waals surface area (Å²) in [4.78, 5) is 18.5. The first-order valence-electron chi connectivity index (χ1n) is 8.77. The number of rotatable bonds is 4. The second-order valence-electron chi connectivity index (χ2n) is 6.90. The number of hydrogen-bond acceptors (Lipinski definition) is 5. The fourth-order valence-corrected chi connectivity index (χ4v) is 6.15. The summed E-state index contributed by atoms with van der Waals surface area (Å²) in [6.45, 7) is 1.03. The van der Waals surface area contributed by atoms with Crippen molar-refractivity contribution in [2.45, 2.75) is 23.4 Å². The molecule has 1 saturated heterocycles. The highest BCUT2D eigenvalue weighted by Crippen LogP contribution is 2.49. The van der Waals surface area contributed by atoms with Crippen LogP contribution in [0.3, 0.4) is 0 Å². The van der Waals surface area contributed by atoms with Gasteiger partial charge in [0.15, 0.2) is 0 Å². The summed E-state index contributed by atoms with van der Waals surface area (Å²) in [6.07, 6.45) is 3.89. The molecule has 1 aromatic carbocycles. The number of pyridine rings is 1. The Bertz CT molecular complexity index is 964. The van der Waals surface area contributed by atoms with E-state index in [1.54, 1.807) is 39.8 Å². The lowest BCUT2D eigenvalue weighted by molar-refractivity contribution is -0.134. The Balaban J connectivity index is 1.78. The van der Waals surface area contributed by atoms with E-state index in [4.69, 9.17) is 4.74 Å². The lowest BCUT2D eigenvalue weighted by Crippen LogP contribution is -2.46. The molecule has 27 heavy (non-hydrogen) atoms. The van der Waals surface area contributed by atoms with Crippen LogP contribution in [0.5, 0.6) is 0 Å². The molecule has 3 heterocycles. The molecule has 8 heteroatoms. The molecule has 0 N–H and O–H groups in total. The Labute approximate surface area is 158 Å².